The summed E-state index contributed by atoms with van der Waals surface area (Å²) in [5.74, 6) is 1.04. The quantitative estimate of drug-likeness (QED) is 0.883. The molecule has 0 unspecified atom stereocenters. The van der Waals surface area contributed by atoms with Crippen molar-refractivity contribution in [1.82, 2.24) is 19.9 Å². The number of nitrogens with one attached hydrogen (secondary N) is 1. The SMILES string of the molecule is CCOc1nc(NC)nc(-c2cnccc2C)n1. The fourth-order valence-corrected chi connectivity index (χ4v) is 1.48. The van der Waals surface area contributed by atoms with Crippen molar-refractivity contribution in [2.75, 3.05) is 19.0 Å². The molecular weight excluding hydrogens is 230 g/mol. The minimum Gasteiger partial charge on any atom is -0.464 e. The van der Waals surface area contributed by atoms with Crippen LogP contribution in [-0.2, 0) is 0 Å². The fourth-order valence-electron chi connectivity index (χ4n) is 1.48. The molecule has 0 amide bonds. The van der Waals surface area contributed by atoms with Crippen molar-refractivity contribution in [2.45, 2.75) is 13.8 Å². The summed E-state index contributed by atoms with van der Waals surface area (Å²) in [6.45, 7) is 4.39. The van der Waals surface area contributed by atoms with E-state index < -0.39 is 0 Å². The van der Waals surface area contributed by atoms with Gasteiger partial charge in [-0.2, -0.15) is 15.0 Å². The smallest absolute Gasteiger partial charge is 0.321 e. The number of hydrogen-bond acceptors (Lipinski definition) is 6. The maximum absolute atomic E-state index is 5.33. The number of aryl methyl sites for hydroxylation is 1. The highest BCUT2D eigenvalue weighted by atomic mass is 16.5. The van der Waals surface area contributed by atoms with Crippen LogP contribution in [0.25, 0.3) is 11.4 Å². The second kappa shape index (κ2) is 5.39. The van der Waals surface area contributed by atoms with Crippen LogP contribution in [0.1, 0.15) is 12.5 Å². The van der Waals surface area contributed by atoms with E-state index in [1.165, 1.54) is 0 Å². The zero-order valence-corrected chi connectivity index (χ0v) is 10.6. The second-order valence-corrected chi connectivity index (χ2v) is 3.64. The Morgan fingerprint density at radius 1 is 1.28 bits per heavy atom. The molecule has 2 aromatic heterocycles. The molecule has 1 N–H and O–H groups in total. The molecule has 0 saturated carbocycles. The van der Waals surface area contributed by atoms with Crippen LogP contribution < -0.4 is 10.1 Å². The molecule has 0 aliphatic carbocycles. The van der Waals surface area contributed by atoms with Crippen molar-refractivity contribution in [3.63, 3.8) is 0 Å². The van der Waals surface area contributed by atoms with Gasteiger partial charge in [-0.15, -0.1) is 0 Å². The fraction of sp³-hybridized carbons (Fsp3) is 0.333. The van der Waals surface area contributed by atoms with Crippen LogP contribution in [0, 0.1) is 6.92 Å². The van der Waals surface area contributed by atoms with Crippen LogP contribution >= 0.6 is 0 Å². The van der Waals surface area contributed by atoms with E-state index in [9.17, 15) is 0 Å². The lowest BCUT2D eigenvalue weighted by molar-refractivity contribution is 0.312. The van der Waals surface area contributed by atoms with Crippen molar-refractivity contribution in [1.29, 1.82) is 0 Å². The Morgan fingerprint density at radius 2 is 2.11 bits per heavy atom. The summed E-state index contributed by atoms with van der Waals surface area (Å²) in [5, 5.41) is 2.89. The summed E-state index contributed by atoms with van der Waals surface area (Å²) >= 11 is 0. The van der Waals surface area contributed by atoms with E-state index in [1.54, 1.807) is 19.4 Å². The summed E-state index contributed by atoms with van der Waals surface area (Å²) in [6.07, 6.45) is 3.47. The first-order valence-corrected chi connectivity index (χ1v) is 5.72. The normalized spacial score (nSPS) is 10.2. The van der Waals surface area contributed by atoms with Gasteiger partial charge in [-0.25, -0.2) is 0 Å². The maximum Gasteiger partial charge on any atom is 0.321 e. The van der Waals surface area contributed by atoms with E-state index in [2.05, 4.69) is 25.3 Å². The largest absolute Gasteiger partial charge is 0.464 e. The van der Waals surface area contributed by atoms with Crippen LogP contribution in [0.2, 0.25) is 0 Å². The Hall–Kier alpha value is -2.24. The van der Waals surface area contributed by atoms with E-state index >= 15 is 0 Å². The average molecular weight is 245 g/mol. The molecule has 6 heteroatoms. The van der Waals surface area contributed by atoms with Gasteiger partial charge in [0.25, 0.3) is 0 Å². The summed E-state index contributed by atoms with van der Waals surface area (Å²) in [7, 11) is 1.75. The Kier molecular flexibility index (Phi) is 3.66. The molecule has 2 aromatic rings. The lowest BCUT2D eigenvalue weighted by Crippen LogP contribution is -2.05. The third-order valence-corrected chi connectivity index (χ3v) is 2.39. The van der Waals surface area contributed by atoms with Gasteiger partial charge in [-0.3, -0.25) is 4.98 Å². The van der Waals surface area contributed by atoms with Gasteiger partial charge in [0.15, 0.2) is 5.82 Å². The molecule has 0 saturated heterocycles. The van der Waals surface area contributed by atoms with Gasteiger partial charge in [0, 0.05) is 25.0 Å². The van der Waals surface area contributed by atoms with Crippen molar-refractivity contribution in [2.24, 2.45) is 0 Å². The highest BCUT2D eigenvalue weighted by Crippen LogP contribution is 2.20. The van der Waals surface area contributed by atoms with Gasteiger partial charge in [0.2, 0.25) is 5.95 Å². The van der Waals surface area contributed by atoms with Gasteiger partial charge in [-0.05, 0) is 25.5 Å². The highest BCUT2D eigenvalue weighted by molar-refractivity contribution is 5.59. The van der Waals surface area contributed by atoms with E-state index in [-0.39, 0.29) is 0 Å². The lowest BCUT2D eigenvalue weighted by atomic mass is 10.1. The molecule has 0 aliphatic rings. The molecule has 18 heavy (non-hydrogen) atoms. The molecule has 0 bridgehead atoms. The number of nitrogens with zero attached hydrogens (tertiary/aromatic N) is 4. The lowest BCUT2D eigenvalue weighted by Gasteiger charge is -2.08. The monoisotopic (exact) mass is 245 g/mol. The number of anilines is 1. The molecule has 0 aliphatic heterocycles. The highest BCUT2D eigenvalue weighted by Gasteiger charge is 2.10. The first-order chi connectivity index (χ1) is 8.74. The molecular formula is C12H15N5O. The van der Waals surface area contributed by atoms with Crippen molar-refractivity contribution >= 4 is 5.95 Å². The molecule has 2 rings (SSSR count). The number of pyridine rings is 1. The maximum atomic E-state index is 5.33. The Morgan fingerprint density at radius 3 is 2.78 bits per heavy atom. The van der Waals surface area contributed by atoms with Gasteiger partial charge < -0.3 is 10.1 Å². The Labute approximate surface area is 105 Å². The number of hydrogen-bond donors (Lipinski definition) is 1. The molecule has 0 atom stereocenters. The van der Waals surface area contributed by atoms with E-state index in [0.717, 1.165) is 11.1 Å². The van der Waals surface area contributed by atoms with E-state index in [0.29, 0.717) is 24.4 Å². The van der Waals surface area contributed by atoms with Crippen molar-refractivity contribution in [3.8, 4) is 17.4 Å². The van der Waals surface area contributed by atoms with Gasteiger partial charge in [0.05, 0.1) is 6.61 Å². The average Bonchev–Trinajstić information content (AvgIpc) is 2.39. The van der Waals surface area contributed by atoms with E-state index in [1.807, 2.05) is 19.9 Å². The number of ether oxygens (including phenoxy) is 1. The molecule has 0 fully saturated rings. The predicted octanol–water partition coefficient (Wildman–Crippen LogP) is 1.68. The Balaban J connectivity index is 2.50. The minimum atomic E-state index is 0.315. The molecule has 0 aromatic carbocycles. The minimum absolute atomic E-state index is 0.315. The molecule has 94 valence electrons. The van der Waals surface area contributed by atoms with Crippen LogP contribution in [0.4, 0.5) is 5.95 Å². The van der Waals surface area contributed by atoms with E-state index in [4.69, 9.17) is 4.74 Å². The van der Waals surface area contributed by atoms with Crippen LogP contribution in [-0.4, -0.2) is 33.6 Å². The number of aromatic nitrogens is 4. The predicted molar refractivity (Wildman–Crippen MR) is 68.5 cm³/mol. The summed E-state index contributed by atoms with van der Waals surface area (Å²) in [6, 6.07) is 2.23. The standard InChI is InChI=1S/C12H15N5O/c1-4-18-12-16-10(15-11(13-3)17-12)9-7-14-6-5-8(9)2/h5-7H,4H2,1-3H3,(H,13,15,16,17). The van der Waals surface area contributed by atoms with Crippen LogP contribution in [0.5, 0.6) is 6.01 Å². The first-order valence-electron chi connectivity index (χ1n) is 5.72. The van der Waals surface area contributed by atoms with Crippen molar-refractivity contribution in [3.05, 3.63) is 24.0 Å². The third kappa shape index (κ3) is 2.53. The molecule has 2 heterocycles. The van der Waals surface area contributed by atoms with Gasteiger partial charge >= 0.3 is 6.01 Å². The summed E-state index contributed by atoms with van der Waals surface area (Å²) in [4.78, 5) is 16.8. The summed E-state index contributed by atoms with van der Waals surface area (Å²) in [5.41, 5.74) is 1.93. The number of rotatable bonds is 4. The third-order valence-electron chi connectivity index (χ3n) is 2.39. The van der Waals surface area contributed by atoms with Crippen molar-refractivity contribution < 1.29 is 4.74 Å². The second-order valence-electron chi connectivity index (χ2n) is 3.64. The van der Waals surface area contributed by atoms with Crippen LogP contribution in [0.3, 0.4) is 0 Å². The molecule has 6 nitrogen and oxygen atoms in total. The zero-order chi connectivity index (χ0) is 13.0. The van der Waals surface area contributed by atoms with Gasteiger partial charge in [0.1, 0.15) is 0 Å². The zero-order valence-electron chi connectivity index (χ0n) is 10.6. The summed E-state index contributed by atoms with van der Waals surface area (Å²) < 4.78 is 5.33. The molecule has 0 radical (unpaired) electrons. The first kappa shape index (κ1) is 12.2. The molecule has 0 spiro atoms. The van der Waals surface area contributed by atoms with Gasteiger partial charge in [-0.1, -0.05) is 0 Å². The van der Waals surface area contributed by atoms with Crippen LogP contribution in [0.15, 0.2) is 18.5 Å². The Bertz CT molecular complexity index is 544. The topological polar surface area (TPSA) is 72.8 Å².